The first-order valence-corrected chi connectivity index (χ1v) is 5.75. The molecule has 0 spiro atoms. The van der Waals surface area contributed by atoms with Gasteiger partial charge in [-0.1, -0.05) is 29.3 Å². The smallest absolute Gasteiger partial charge is 0.152 e. The molecule has 0 aliphatic rings. The summed E-state index contributed by atoms with van der Waals surface area (Å²) >= 11 is 11.9. The number of pyridine rings is 1. The first-order chi connectivity index (χ1) is 8.18. The molecule has 0 aliphatic carbocycles. The van der Waals surface area contributed by atoms with Gasteiger partial charge in [-0.2, -0.15) is 0 Å². The summed E-state index contributed by atoms with van der Waals surface area (Å²) in [5, 5.41) is 13.6. The van der Waals surface area contributed by atoms with Crippen molar-refractivity contribution in [2.24, 2.45) is 0 Å². The Morgan fingerprint density at radius 3 is 2.71 bits per heavy atom. The summed E-state index contributed by atoms with van der Waals surface area (Å²) in [4.78, 5) is 3.94. The normalized spacial score (nSPS) is 10.2. The van der Waals surface area contributed by atoms with Crippen molar-refractivity contribution in [3.63, 3.8) is 0 Å². The molecule has 0 radical (unpaired) electrons. The molecule has 0 atom stereocenters. The van der Waals surface area contributed by atoms with Crippen molar-refractivity contribution in [3.05, 3.63) is 52.3 Å². The van der Waals surface area contributed by atoms with Crippen LogP contribution in [-0.2, 0) is 6.54 Å². The van der Waals surface area contributed by atoms with Crippen molar-refractivity contribution in [2.45, 2.75) is 6.54 Å². The van der Waals surface area contributed by atoms with Crippen molar-refractivity contribution in [2.75, 3.05) is 5.32 Å². The van der Waals surface area contributed by atoms with Gasteiger partial charge >= 0.3 is 0 Å². The number of nitrogens with zero attached hydrogens (tertiary/aromatic N) is 1. The fourth-order valence-electron chi connectivity index (χ4n) is 1.42. The van der Waals surface area contributed by atoms with Crippen molar-refractivity contribution in [1.82, 2.24) is 4.98 Å². The van der Waals surface area contributed by atoms with E-state index in [0.717, 1.165) is 0 Å². The summed E-state index contributed by atoms with van der Waals surface area (Å²) in [7, 11) is 0. The molecule has 0 saturated heterocycles. The van der Waals surface area contributed by atoms with Crippen LogP contribution < -0.4 is 5.32 Å². The van der Waals surface area contributed by atoms with Gasteiger partial charge in [0.1, 0.15) is 5.75 Å². The first kappa shape index (κ1) is 12.0. The highest BCUT2D eigenvalue weighted by molar-refractivity contribution is 6.32. The summed E-state index contributed by atoms with van der Waals surface area (Å²) in [5.74, 6) is 0.157. The molecular weight excluding hydrogens is 259 g/mol. The fraction of sp³-hybridized carbons (Fsp3) is 0.0833. The van der Waals surface area contributed by atoms with Gasteiger partial charge in [0.05, 0.1) is 5.69 Å². The average molecular weight is 269 g/mol. The number of phenolic OH excluding ortho intramolecular Hbond substituents is 1. The Labute approximate surface area is 109 Å². The van der Waals surface area contributed by atoms with Crippen LogP contribution in [0.1, 0.15) is 5.56 Å². The van der Waals surface area contributed by atoms with E-state index in [1.54, 1.807) is 30.5 Å². The molecule has 2 aromatic rings. The van der Waals surface area contributed by atoms with Gasteiger partial charge in [-0.15, -0.1) is 0 Å². The van der Waals surface area contributed by atoms with E-state index in [0.29, 0.717) is 28.0 Å². The third-order valence-corrected chi connectivity index (χ3v) is 2.96. The third kappa shape index (κ3) is 2.81. The number of phenols is 1. The van der Waals surface area contributed by atoms with Gasteiger partial charge in [-0.25, -0.2) is 4.98 Å². The molecule has 1 aromatic heterocycles. The molecule has 1 aromatic carbocycles. The molecule has 3 nitrogen and oxygen atoms in total. The Balaban J connectivity index is 2.16. The predicted octanol–water partition coefficient (Wildman–Crippen LogP) is 3.71. The first-order valence-electron chi connectivity index (χ1n) is 4.99. The molecule has 0 bridgehead atoms. The number of rotatable bonds is 3. The van der Waals surface area contributed by atoms with Gasteiger partial charge in [0.2, 0.25) is 0 Å². The average Bonchev–Trinajstić information content (AvgIpc) is 2.30. The highest BCUT2D eigenvalue weighted by Crippen LogP contribution is 2.27. The number of halogens is 2. The van der Waals surface area contributed by atoms with Crippen LogP contribution in [-0.4, -0.2) is 10.1 Å². The lowest BCUT2D eigenvalue weighted by molar-refractivity contribution is 0.469. The summed E-state index contributed by atoms with van der Waals surface area (Å²) in [6.07, 6.45) is 1.61. The van der Waals surface area contributed by atoms with E-state index < -0.39 is 0 Å². The summed E-state index contributed by atoms with van der Waals surface area (Å²) in [6.45, 7) is 0.386. The largest absolute Gasteiger partial charge is 0.508 e. The number of anilines is 1. The Hall–Kier alpha value is -1.45. The van der Waals surface area contributed by atoms with E-state index >= 15 is 0 Å². The number of hydrogen-bond acceptors (Lipinski definition) is 3. The molecular formula is C12H10Cl2N2O. The van der Waals surface area contributed by atoms with Crippen molar-refractivity contribution in [1.29, 1.82) is 0 Å². The fourth-order valence-corrected chi connectivity index (χ4v) is 1.85. The maximum atomic E-state index is 9.67. The van der Waals surface area contributed by atoms with Gasteiger partial charge in [0.15, 0.2) is 5.15 Å². The molecule has 2 N–H and O–H groups in total. The van der Waals surface area contributed by atoms with Crippen LogP contribution >= 0.6 is 23.2 Å². The SMILES string of the molecule is Oc1cccc(Cl)c1CNc1cccnc1Cl. The van der Waals surface area contributed by atoms with Crippen LogP contribution in [0.3, 0.4) is 0 Å². The zero-order valence-corrected chi connectivity index (χ0v) is 10.3. The molecule has 0 aliphatic heterocycles. The van der Waals surface area contributed by atoms with Crippen LogP contribution in [0.2, 0.25) is 10.2 Å². The summed E-state index contributed by atoms with van der Waals surface area (Å²) in [6, 6.07) is 8.60. The number of nitrogens with one attached hydrogen (secondary N) is 1. The second kappa shape index (κ2) is 5.25. The van der Waals surface area contributed by atoms with E-state index in [1.165, 1.54) is 0 Å². The Morgan fingerprint density at radius 2 is 2.00 bits per heavy atom. The van der Waals surface area contributed by atoms with Gasteiger partial charge in [-0.05, 0) is 24.3 Å². The topological polar surface area (TPSA) is 45.1 Å². The molecule has 0 unspecified atom stereocenters. The standard InChI is InChI=1S/C12H10Cl2N2O/c13-9-3-1-5-11(17)8(9)7-16-10-4-2-6-15-12(10)14/h1-6,16-17H,7H2. The molecule has 0 fully saturated rings. The van der Waals surface area contributed by atoms with Crippen molar-refractivity contribution < 1.29 is 5.11 Å². The molecule has 0 amide bonds. The maximum Gasteiger partial charge on any atom is 0.152 e. The van der Waals surface area contributed by atoms with Crippen molar-refractivity contribution in [3.8, 4) is 5.75 Å². The quantitative estimate of drug-likeness (QED) is 0.835. The molecule has 88 valence electrons. The lowest BCUT2D eigenvalue weighted by Crippen LogP contribution is -2.01. The minimum Gasteiger partial charge on any atom is -0.508 e. The van der Waals surface area contributed by atoms with Crippen LogP contribution in [0.4, 0.5) is 5.69 Å². The number of hydrogen-bond donors (Lipinski definition) is 2. The van der Waals surface area contributed by atoms with E-state index in [9.17, 15) is 5.11 Å². The number of benzene rings is 1. The van der Waals surface area contributed by atoms with E-state index in [1.807, 2.05) is 6.07 Å². The second-order valence-corrected chi connectivity index (χ2v) is 4.20. The second-order valence-electron chi connectivity index (χ2n) is 3.43. The minimum absolute atomic E-state index is 0.157. The van der Waals surface area contributed by atoms with Crippen LogP contribution in [0, 0.1) is 0 Å². The third-order valence-electron chi connectivity index (χ3n) is 2.31. The van der Waals surface area contributed by atoms with Crippen LogP contribution in [0.15, 0.2) is 36.5 Å². The minimum atomic E-state index is 0.157. The lowest BCUT2D eigenvalue weighted by Gasteiger charge is -2.10. The highest BCUT2D eigenvalue weighted by Gasteiger charge is 2.06. The van der Waals surface area contributed by atoms with Crippen LogP contribution in [0.5, 0.6) is 5.75 Å². The van der Waals surface area contributed by atoms with E-state index in [2.05, 4.69) is 10.3 Å². The zero-order chi connectivity index (χ0) is 12.3. The van der Waals surface area contributed by atoms with Gasteiger partial charge in [0, 0.05) is 23.3 Å². The van der Waals surface area contributed by atoms with Gasteiger partial charge in [0.25, 0.3) is 0 Å². The number of aromatic hydroxyl groups is 1. The Bertz CT molecular complexity index is 511. The zero-order valence-electron chi connectivity index (χ0n) is 8.82. The highest BCUT2D eigenvalue weighted by atomic mass is 35.5. The van der Waals surface area contributed by atoms with Crippen molar-refractivity contribution >= 4 is 28.9 Å². The van der Waals surface area contributed by atoms with Crippen LogP contribution in [0.25, 0.3) is 0 Å². The monoisotopic (exact) mass is 268 g/mol. The number of aromatic nitrogens is 1. The lowest BCUT2D eigenvalue weighted by atomic mass is 10.2. The van der Waals surface area contributed by atoms with Gasteiger partial charge in [-0.3, -0.25) is 0 Å². The Kier molecular flexibility index (Phi) is 3.71. The van der Waals surface area contributed by atoms with E-state index in [-0.39, 0.29) is 5.75 Å². The predicted molar refractivity (Wildman–Crippen MR) is 69.7 cm³/mol. The summed E-state index contributed by atoms with van der Waals surface area (Å²) in [5.41, 5.74) is 1.34. The Morgan fingerprint density at radius 1 is 1.18 bits per heavy atom. The maximum absolute atomic E-state index is 9.67. The van der Waals surface area contributed by atoms with Gasteiger partial charge < -0.3 is 10.4 Å². The molecule has 5 heteroatoms. The molecule has 0 saturated carbocycles. The molecule has 1 heterocycles. The summed E-state index contributed by atoms with van der Waals surface area (Å²) < 4.78 is 0. The molecule has 17 heavy (non-hydrogen) atoms. The van der Waals surface area contributed by atoms with E-state index in [4.69, 9.17) is 23.2 Å². The molecule has 2 rings (SSSR count).